The first-order valence-electron chi connectivity index (χ1n) is 9.65. The van der Waals surface area contributed by atoms with Crippen LogP contribution in [0.25, 0.3) is 11.3 Å². The second kappa shape index (κ2) is 8.43. The number of ether oxygens (including phenoxy) is 1. The molecule has 0 aliphatic carbocycles. The molecule has 0 saturated carbocycles. The highest BCUT2D eigenvalue weighted by Crippen LogP contribution is 2.25. The lowest BCUT2D eigenvalue weighted by atomic mass is 10.1. The van der Waals surface area contributed by atoms with Crippen LogP contribution in [-0.4, -0.2) is 28.0 Å². The minimum atomic E-state index is -0.422. The zero-order chi connectivity index (χ0) is 22.0. The fraction of sp³-hybridized carbons (Fsp3) is 0.174. The second-order valence-corrected chi connectivity index (χ2v) is 7.09. The molecular weight excluding hydrogens is 399 g/mol. The summed E-state index contributed by atoms with van der Waals surface area (Å²) in [6.07, 6.45) is 0. The molecule has 4 aromatic rings. The number of anilines is 1. The first-order valence-corrected chi connectivity index (χ1v) is 9.65. The molecule has 0 bridgehead atoms. The quantitative estimate of drug-likeness (QED) is 0.493. The molecule has 0 saturated heterocycles. The van der Waals surface area contributed by atoms with Gasteiger partial charge in [-0.15, -0.1) is 0 Å². The van der Waals surface area contributed by atoms with Crippen LogP contribution in [0.1, 0.15) is 27.5 Å². The van der Waals surface area contributed by atoms with Gasteiger partial charge in [-0.25, -0.2) is 4.39 Å². The molecule has 7 nitrogen and oxygen atoms in total. The Balaban J connectivity index is 1.52. The van der Waals surface area contributed by atoms with E-state index in [1.165, 1.54) is 12.1 Å². The van der Waals surface area contributed by atoms with Crippen molar-refractivity contribution in [1.82, 2.24) is 14.9 Å². The zero-order valence-electron chi connectivity index (χ0n) is 17.3. The second-order valence-electron chi connectivity index (χ2n) is 7.09. The number of carbonyl (C=O) groups is 1. The molecule has 0 aliphatic heterocycles. The molecule has 2 aromatic carbocycles. The molecule has 4 rings (SSSR count). The molecule has 0 unspecified atom stereocenters. The third-order valence-corrected chi connectivity index (χ3v) is 4.97. The van der Waals surface area contributed by atoms with Crippen molar-refractivity contribution in [2.45, 2.75) is 20.4 Å². The molecule has 0 atom stereocenters. The molecule has 2 aromatic heterocycles. The van der Waals surface area contributed by atoms with Crippen LogP contribution >= 0.6 is 0 Å². The number of hydrogen-bond donors (Lipinski definition) is 1. The van der Waals surface area contributed by atoms with Gasteiger partial charge >= 0.3 is 0 Å². The van der Waals surface area contributed by atoms with Crippen LogP contribution in [0, 0.1) is 19.7 Å². The maximum atomic E-state index is 13.1. The van der Waals surface area contributed by atoms with Gasteiger partial charge in [0.1, 0.15) is 17.3 Å². The number of rotatable bonds is 6. The van der Waals surface area contributed by atoms with Gasteiger partial charge in [-0.2, -0.15) is 5.10 Å². The summed E-state index contributed by atoms with van der Waals surface area (Å²) < 4.78 is 25.4. The summed E-state index contributed by atoms with van der Waals surface area (Å²) in [5.74, 6) is 0.0637. The highest BCUT2D eigenvalue weighted by molar-refractivity contribution is 6.03. The van der Waals surface area contributed by atoms with Gasteiger partial charge in [-0.3, -0.25) is 9.48 Å². The highest BCUT2D eigenvalue weighted by atomic mass is 19.1. The summed E-state index contributed by atoms with van der Waals surface area (Å²) in [7, 11) is 1.59. The van der Waals surface area contributed by atoms with Crippen molar-refractivity contribution < 1.29 is 18.4 Å². The lowest BCUT2D eigenvalue weighted by Crippen LogP contribution is -2.12. The minimum Gasteiger partial charge on any atom is -0.497 e. The normalized spacial score (nSPS) is 10.8. The zero-order valence-corrected chi connectivity index (χ0v) is 17.3. The van der Waals surface area contributed by atoms with Crippen LogP contribution in [-0.2, 0) is 6.54 Å². The van der Waals surface area contributed by atoms with Crippen molar-refractivity contribution in [3.8, 4) is 17.0 Å². The number of aromatic nitrogens is 3. The van der Waals surface area contributed by atoms with Gasteiger partial charge in [0.2, 0.25) is 5.76 Å². The fourth-order valence-corrected chi connectivity index (χ4v) is 3.27. The van der Waals surface area contributed by atoms with E-state index in [4.69, 9.17) is 9.26 Å². The lowest BCUT2D eigenvalue weighted by Gasteiger charge is -2.06. The van der Waals surface area contributed by atoms with Crippen molar-refractivity contribution in [1.29, 1.82) is 0 Å². The molecule has 0 radical (unpaired) electrons. The number of halogens is 1. The van der Waals surface area contributed by atoms with Gasteiger partial charge in [-0.05, 0) is 43.7 Å². The van der Waals surface area contributed by atoms with Crippen molar-refractivity contribution in [3.63, 3.8) is 0 Å². The van der Waals surface area contributed by atoms with Crippen LogP contribution in [0.4, 0.5) is 10.1 Å². The van der Waals surface area contributed by atoms with Gasteiger partial charge in [0, 0.05) is 11.6 Å². The van der Waals surface area contributed by atoms with Gasteiger partial charge in [0.25, 0.3) is 5.91 Å². The third-order valence-electron chi connectivity index (χ3n) is 4.97. The summed E-state index contributed by atoms with van der Waals surface area (Å²) >= 11 is 0. The summed E-state index contributed by atoms with van der Waals surface area (Å²) in [5, 5.41) is 11.3. The molecule has 0 aliphatic rings. The number of nitrogens with zero attached hydrogens (tertiary/aromatic N) is 3. The van der Waals surface area contributed by atoms with Crippen LogP contribution in [0.3, 0.4) is 0 Å². The van der Waals surface area contributed by atoms with E-state index in [1.807, 2.05) is 38.1 Å². The van der Waals surface area contributed by atoms with Gasteiger partial charge < -0.3 is 14.6 Å². The smallest absolute Gasteiger partial charge is 0.294 e. The Morgan fingerprint density at radius 2 is 1.94 bits per heavy atom. The Morgan fingerprint density at radius 3 is 2.68 bits per heavy atom. The van der Waals surface area contributed by atoms with E-state index >= 15 is 0 Å². The van der Waals surface area contributed by atoms with Crippen molar-refractivity contribution in [2.75, 3.05) is 12.4 Å². The molecular formula is C23H21FN4O3. The number of benzene rings is 2. The average molecular weight is 420 g/mol. The standard InChI is InChI=1S/C23H21FN4O3/c1-14-22(15(2)28(26-14)13-16-7-9-18(24)10-8-16)25-23(29)21-12-20(27-31-21)17-5-4-6-19(11-17)30-3/h4-12H,13H2,1-3H3,(H,25,29). The fourth-order valence-electron chi connectivity index (χ4n) is 3.27. The average Bonchev–Trinajstić information content (AvgIpc) is 3.37. The van der Waals surface area contributed by atoms with Gasteiger partial charge in [0.05, 0.1) is 30.7 Å². The van der Waals surface area contributed by atoms with Crippen LogP contribution in [0.5, 0.6) is 5.75 Å². The van der Waals surface area contributed by atoms with Crippen molar-refractivity contribution >= 4 is 11.6 Å². The SMILES string of the molecule is COc1cccc(-c2cc(C(=O)Nc3c(C)nn(Cc4ccc(F)cc4)c3C)on2)c1. The van der Waals surface area contributed by atoms with E-state index in [-0.39, 0.29) is 11.6 Å². The molecule has 0 spiro atoms. The lowest BCUT2D eigenvalue weighted by molar-refractivity contribution is 0.0988. The first kappa shape index (κ1) is 20.3. The third kappa shape index (κ3) is 4.32. The number of methoxy groups -OCH3 is 1. The Hall–Kier alpha value is -3.94. The van der Waals surface area contributed by atoms with Gasteiger partial charge in [0.15, 0.2) is 0 Å². The summed E-state index contributed by atoms with van der Waals surface area (Å²) in [6, 6.07) is 15.1. The number of hydrogen-bond acceptors (Lipinski definition) is 5. The number of nitrogens with one attached hydrogen (secondary N) is 1. The number of amides is 1. The topological polar surface area (TPSA) is 82.2 Å². The Kier molecular flexibility index (Phi) is 5.53. The monoisotopic (exact) mass is 420 g/mol. The van der Waals surface area contributed by atoms with E-state index in [2.05, 4.69) is 15.6 Å². The molecule has 2 heterocycles. The number of carbonyl (C=O) groups excluding carboxylic acids is 1. The molecule has 1 amide bonds. The molecule has 31 heavy (non-hydrogen) atoms. The van der Waals surface area contributed by atoms with Crippen molar-refractivity contribution in [2.24, 2.45) is 0 Å². The molecule has 1 N–H and O–H groups in total. The van der Waals surface area contributed by atoms with Crippen LogP contribution in [0.15, 0.2) is 59.1 Å². The van der Waals surface area contributed by atoms with Crippen molar-refractivity contribution in [3.05, 3.63) is 83.1 Å². The van der Waals surface area contributed by atoms with E-state index in [0.29, 0.717) is 29.4 Å². The predicted octanol–water partition coefficient (Wildman–Crippen LogP) is 4.60. The summed E-state index contributed by atoms with van der Waals surface area (Å²) in [4.78, 5) is 12.7. The Morgan fingerprint density at radius 1 is 1.16 bits per heavy atom. The van der Waals surface area contributed by atoms with E-state index in [9.17, 15) is 9.18 Å². The summed E-state index contributed by atoms with van der Waals surface area (Å²) in [6.45, 7) is 4.14. The minimum absolute atomic E-state index is 0.0860. The van der Waals surface area contributed by atoms with E-state index in [0.717, 1.165) is 16.8 Å². The molecule has 158 valence electrons. The maximum absolute atomic E-state index is 13.1. The van der Waals surface area contributed by atoms with Crippen LogP contribution < -0.4 is 10.1 Å². The molecule has 8 heteroatoms. The van der Waals surface area contributed by atoms with Gasteiger partial charge in [-0.1, -0.05) is 29.4 Å². The number of aryl methyl sites for hydroxylation is 1. The summed E-state index contributed by atoms with van der Waals surface area (Å²) in [5.41, 5.74) is 4.27. The van der Waals surface area contributed by atoms with E-state index in [1.54, 1.807) is 30.0 Å². The predicted molar refractivity (Wildman–Crippen MR) is 114 cm³/mol. The maximum Gasteiger partial charge on any atom is 0.294 e. The Bertz CT molecular complexity index is 1230. The van der Waals surface area contributed by atoms with Crippen LogP contribution in [0.2, 0.25) is 0 Å². The Labute approximate surface area is 178 Å². The van der Waals surface area contributed by atoms with E-state index < -0.39 is 5.91 Å². The first-order chi connectivity index (χ1) is 14.9. The highest BCUT2D eigenvalue weighted by Gasteiger charge is 2.19. The largest absolute Gasteiger partial charge is 0.497 e. The molecule has 0 fully saturated rings.